The molecule has 1 N–H and O–H groups in total. The Morgan fingerprint density at radius 2 is 1.95 bits per heavy atom. The topological polar surface area (TPSA) is 49.0 Å². The molecule has 0 aliphatic carbocycles. The average Bonchev–Trinajstić information content (AvgIpc) is 2.87. The van der Waals surface area contributed by atoms with Crippen molar-refractivity contribution in [2.24, 2.45) is 0 Å². The fourth-order valence-electron chi connectivity index (χ4n) is 2.00. The van der Waals surface area contributed by atoms with E-state index in [9.17, 15) is 5.26 Å². The SMILES string of the molecule is Cc1ccc(C(C)NCC(C#N)c2ccccc2)o1. The number of nitrogens with zero attached hydrogens (tertiary/aromatic N) is 1. The zero-order valence-electron chi connectivity index (χ0n) is 11.3. The third kappa shape index (κ3) is 3.46. The Kier molecular flexibility index (Phi) is 4.38. The third-order valence-corrected chi connectivity index (χ3v) is 3.17. The van der Waals surface area contributed by atoms with Gasteiger partial charge in [-0.05, 0) is 31.5 Å². The molecule has 98 valence electrons. The maximum atomic E-state index is 9.25. The van der Waals surface area contributed by atoms with Crippen LogP contribution in [0.1, 0.15) is 36.0 Å². The predicted octanol–water partition coefficient (Wildman–Crippen LogP) is 3.55. The number of rotatable bonds is 5. The highest BCUT2D eigenvalue weighted by Gasteiger charge is 2.14. The quantitative estimate of drug-likeness (QED) is 0.887. The van der Waals surface area contributed by atoms with Crippen molar-refractivity contribution in [2.45, 2.75) is 25.8 Å². The van der Waals surface area contributed by atoms with Crippen molar-refractivity contribution in [1.29, 1.82) is 5.26 Å². The molecule has 3 nitrogen and oxygen atoms in total. The van der Waals surface area contributed by atoms with E-state index in [2.05, 4.69) is 11.4 Å². The Morgan fingerprint density at radius 1 is 1.21 bits per heavy atom. The smallest absolute Gasteiger partial charge is 0.120 e. The monoisotopic (exact) mass is 254 g/mol. The van der Waals surface area contributed by atoms with E-state index in [4.69, 9.17) is 4.42 Å². The van der Waals surface area contributed by atoms with Crippen LogP contribution in [0.4, 0.5) is 0 Å². The lowest BCUT2D eigenvalue weighted by Crippen LogP contribution is -2.23. The van der Waals surface area contributed by atoms with Crippen molar-refractivity contribution in [1.82, 2.24) is 5.32 Å². The van der Waals surface area contributed by atoms with E-state index in [1.165, 1.54) is 0 Å². The van der Waals surface area contributed by atoms with E-state index < -0.39 is 0 Å². The summed E-state index contributed by atoms with van der Waals surface area (Å²) in [4.78, 5) is 0. The predicted molar refractivity (Wildman–Crippen MR) is 74.7 cm³/mol. The summed E-state index contributed by atoms with van der Waals surface area (Å²) >= 11 is 0. The van der Waals surface area contributed by atoms with Crippen molar-refractivity contribution in [3.05, 3.63) is 59.5 Å². The molecule has 1 aromatic carbocycles. The van der Waals surface area contributed by atoms with Crippen molar-refractivity contribution in [3.63, 3.8) is 0 Å². The van der Waals surface area contributed by atoms with Gasteiger partial charge in [-0.15, -0.1) is 0 Å². The normalized spacial score (nSPS) is 13.7. The van der Waals surface area contributed by atoms with Gasteiger partial charge in [0.05, 0.1) is 18.0 Å². The molecule has 2 unspecified atom stereocenters. The van der Waals surface area contributed by atoms with Gasteiger partial charge >= 0.3 is 0 Å². The number of benzene rings is 1. The molecule has 2 atom stereocenters. The molecule has 0 fully saturated rings. The molecule has 0 saturated carbocycles. The summed E-state index contributed by atoms with van der Waals surface area (Å²) in [5.74, 6) is 1.67. The van der Waals surface area contributed by atoms with E-state index in [1.807, 2.05) is 56.3 Å². The van der Waals surface area contributed by atoms with Crippen molar-refractivity contribution >= 4 is 0 Å². The van der Waals surface area contributed by atoms with Crippen LogP contribution >= 0.6 is 0 Å². The minimum Gasteiger partial charge on any atom is -0.465 e. The molecule has 0 saturated heterocycles. The second-order valence-corrected chi connectivity index (χ2v) is 4.67. The molecule has 0 spiro atoms. The third-order valence-electron chi connectivity index (χ3n) is 3.17. The summed E-state index contributed by atoms with van der Waals surface area (Å²) in [7, 11) is 0. The highest BCUT2D eigenvalue weighted by Crippen LogP contribution is 2.18. The van der Waals surface area contributed by atoms with Crippen molar-refractivity contribution < 1.29 is 4.42 Å². The van der Waals surface area contributed by atoms with E-state index in [0.717, 1.165) is 17.1 Å². The van der Waals surface area contributed by atoms with Crippen molar-refractivity contribution in [2.75, 3.05) is 6.54 Å². The van der Waals surface area contributed by atoms with Crippen LogP contribution in [0.5, 0.6) is 0 Å². The minimum absolute atomic E-state index is 0.105. The lowest BCUT2D eigenvalue weighted by Gasteiger charge is -2.15. The van der Waals surface area contributed by atoms with Crippen molar-refractivity contribution in [3.8, 4) is 6.07 Å². The van der Waals surface area contributed by atoms with Gasteiger partial charge in [0.15, 0.2) is 0 Å². The second-order valence-electron chi connectivity index (χ2n) is 4.67. The molecule has 19 heavy (non-hydrogen) atoms. The number of nitrogens with one attached hydrogen (secondary N) is 1. The first kappa shape index (κ1) is 13.4. The molecule has 1 heterocycles. The first-order valence-electron chi connectivity index (χ1n) is 6.45. The van der Waals surface area contributed by atoms with Gasteiger partial charge in [-0.3, -0.25) is 0 Å². The van der Waals surface area contributed by atoms with Gasteiger partial charge in [-0.1, -0.05) is 30.3 Å². The van der Waals surface area contributed by atoms with Gasteiger partial charge < -0.3 is 9.73 Å². The molecular formula is C16H18N2O. The lowest BCUT2D eigenvalue weighted by molar-refractivity contribution is 0.414. The minimum atomic E-state index is -0.139. The van der Waals surface area contributed by atoms with Gasteiger partial charge in [0.2, 0.25) is 0 Å². The van der Waals surface area contributed by atoms with E-state index >= 15 is 0 Å². The number of furan rings is 1. The number of hydrogen-bond donors (Lipinski definition) is 1. The number of nitriles is 1. The van der Waals surface area contributed by atoms with Crippen LogP contribution in [-0.4, -0.2) is 6.54 Å². The molecule has 0 bridgehead atoms. The van der Waals surface area contributed by atoms with Gasteiger partial charge in [0.1, 0.15) is 11.5 Å². The summed E-state index contributed by atoms with van der Waals surface area (Å²) < 4.78 is 5.57. The largest absolute Gasteiger partial charge is 0.465 e. The van der Waals surface area contributed by atoms with Crippen LogP contribution in [0.3, 0.4) is 0 Å². The molecule has 0 radical (unpaired) electrons. The Hall–Kier alpha value is -2.05. The average molecular weight is 254 g/mol. The van der Waals surface area contributed by atoms with Crippen LogP contribution in [-0.2, 0) is 0 Å². The van der Waals surface area contributed by atoms with E-state index in [-0.39, 0.29) is 12.0 Å². The zero-order chi connectivity index (χ0) is 13.7. The summed E-state index contributed by atoms with van der Waals surface area (Å²) in [6.07, 6.45) is 0. The fraction of sp³-hybridized carbons (Fsp3) is 0.312. The molecule has 0 amide bonds. The van der Waals surface area contributed by atoms with Crippen LogP contribution in [0.25, 0.3) is 0 Å². The highest BCUT2D eigenvalue weighted by atomic mass is 16.3. The van der Waals surface area contributed by atoms with Crippen LogP contribution in [0.15, 0.2) is 46.9 Å². The number of aryl methyl sites for hydroxylation is 1. The lowest BCUT2D eigenvalue weighted by atomic mass is 10.0. The van der Waals surface area contributed by atoms with E-state index in [0.29, 0.717) is 6.54 Å². The standard InChI is InChI=1S/C16H18N2O/c1-12-8-9-16(19-12)13(2)18-11-15(10-17)14-6-4-3-5-7-14/h3-9,13,15,18H,11H2,1-2H3. The number of hydrogen-bond acceptors (Lipinski definition) is 3. The summed E-state index contributed by atoms with van der Waals surface area (Å²) in [5, 5.41) is 12.6. The van der Waals surface area contributed by atoms with Gasteiger partial charge in [-0.2, -0.15) is 5.26 Å². The molecule has 2 aromatic rings. The summed E-state index contributed by atoms with van der Waals surface area (Å²) in [6.45, 7) is 4.58. The fourth-order valence-corrected chi connectivity index (χ4v) is 2.00. The molecule has 0 aliphatic rings. The first-order valence-corrected chi connectivity index (χ1v) is 6.45. The molecule has 1 aromatic heterocycles. The first-order chi connectivity index (χ1) is 9.20. The highest BCUT2D eigenvalue weighted by molar-refractivity contribution is 5.25. The van der Waals surface area contributed by atoms with Gasteiger partial charge in [0, 0.05) is 6.54 Å². The summed E-state index contributed by atoms with van der Waals surface area (Å²) in [5.41, 5.74) is 1.04. The molecular weight excluding hydrogens is 236 g/mol. The Morgan fingerprint density at radius 3 is 2.53 bits per heavy atom. The maximum absolute atomic E-state index is 9.25. The Balaban J connectivity index is 1.96. The van der Waals surface area contributed by atoms with Gasteiger partial charge in [0.25, 0.3) is 0 Å². The Bertz CT molecular complexity index is 554. The molecule has 2 rings (SSSR count). The second kappa shape index (κ2) is 6.21. The van der Waals surface area contributed by atoms with Crippen LogP contribution < -0.4 is 5.32 Å². The van der Waals surface area contributed by atoms with Crippen LogP contribution in [0.2, 0.25) is 0 Å². The zero-order valence-corrected chi connectivity index (χ0v) is 11.3. The van der Waals surface area contributed by atoms with Crippen LogP contribution in [0, 0.1) is 18.3 Å². The van der Waals surface area contributed by atoms with Gasteiger partial charge in [-0.25, -0.2) is 0 Å². The Labute approximate surface area is 113 Å². The van der Waals surface area contributed by atoms with E-state index in [1.54, 1.807) is 0 Å². The molecule has 3 heteroatoms. The maximum Gasteiger partial charge on any atom is 0.120 e. The molecule has 0 aliphatic heterocycles. The summed E-state index contributed by atoms with van der Waals surface area (Å²) in [6, 6.07) is 16.2.